The number of nitrogens with one attached hydrogen (secondary N) is 1. The van der Waals surface area contributed by atoms with Crippen LogP contribution in [0, 0.1) is 0 Å². The van der Waals surface area contributed by atoms with Gasteiger partial charge in [0.2, 0.25) is 5.91 Å². The molecule has 0 aromatic carbocycles. The van der Waals surface area contributed by atoms with E-state index < -0.39 is 33.6 Å². The highest BCUT2D eigenvalue weighted by atomic mass is 16.6. The van der Waals surface area contributed by atoms with Gasteiger partial charge in [-0.1, -0.05) is 0 Å². The standard InChI is InChI=1S/C56H105N9O13/c1-51(2,3)73-45(67)38-60-23-21-58(22-24-61(39-46(68)74-52(4,5)6)30-32-64(31-29-60)42-49(71)77-55(13,14)15)20-19-57-44(66)37-59-25-27-62(40-47(69)75-53(7,8)9)33-35-65(43-50(72)78-56(16,17)18)36-34-63(28-26-59)41-48(70)76-54(10,11)12/h19-43H2,1-18H3,(H,57,66). The smallest absolute Gasteiger partial charge is 0.320 e. The van der Waals surface area contributed by atoms with E-state index in [-0.39, 0.29) is 87.5 Å². The Labute approximate surface area is 468 Å². The Hall–Kier alpha value is -4.03. The van der Waals surface area contributed by atoms with Gasteiger partial charge in [0.1, 0.15) is 33.6 Å². The van der Waals surface area contributed by atoms with Crippen LogP contribution in [0.3, 0.4) is 0 Å². The van der Waals surface area contributed by atoms with Gasteiger partial charge in [0.25, 0.3) is 0 Å². The molecule has 0 atom stereocenters. The maximum absolute atomic E-state index is 14.0. The first-order chi connectivity index (χ1) is 35.7. The van der Waals surface area contributed by atoms with Crippen molar-refractivity contribution in [3.8, 4) is 0 Å². The fraction of sp³-hybridized carbons (Fsp3) is 0.875. The molecule has 0 unspecified atom stereocenters. The molecule has 0 aromatic heterocycles. The van der Waals surface area contributed by atoms with E-state index in [1.165, 1.54) is 0 Å². The van der Waals surface area contributed by atoms with Crippen molar-refractivity contribution in [3.05, 3.63) is 0 Å². The monoisotopic (exact) mass is 1110 g/mol. The van der Waals surface area contributed by atoms with E-state index in [1.54, 1.807) is 0 Å². The SMILES string of the molecule is CC(C)(C)OC(=O)CN1CCN(CCNC(=O)CN2CCN(CC(=O)OC(C)(C)C)CCN(CC(=O)OC(C)(C)C)CCN(CC(=O)OC(C)(C)C)CC2)CCN(CC(=O)OC(C)(C)C)CCN(CC(=O)OC(C)(C)C)CC1. The van der Waals surface area contributed by atoms with Crippen molar-refractivity contribution < 1.29 is 62.0 Å². The molecule has 2 heterocycles. The van der Waals surface area contributed by atoms with E-state index in [1.807, 2.05) is 159 Å². The maximum Gasteiger partial charge on any atom is 0.320 e. The number of rotatable bonds is 17. The number of carbonyl (C=O) groups excluding carboxylic acids is 7. The molecule has 78 heavy (non-hydrogen) atoms. The molecule has 2 saturated heterocycles. The van der Waals surface area contributed by atoms with Gasteiger partial charge in [0.15, 0.2) is 0 Å². The van der Waals surface area contributed by atoms with Crippen molar-refractivity contribution in [2.24, 2.45) is 0 Å². The van der Waals surface area contributed by atoms with Crippen molar-refractivity contribution >= 4 is 41.7 Å². The van der Waals surface area contributed by atoms with Gasteiger partial charge in [-0.3, -0.25) is 72.8 Å². The molecule has 22 nitrogen and oxygen atoms in total. The predicted molar refractivity (Wildman–Crippen MR) is 300 cm³/mol. The minimum Gasteiger partial charge on any atom is -0.459 e. The quantitative estimate of drug-likeness (QED) is 0.164. The third-order valence-electron chi connectivity index (χ3n) is 11.6. The van der Waals surface area contributed by atoms with E-state index in [9.17, 15) is 33.6 Å². The zero-order chi connectivity index (χ0) is 59.3. The van der Waals surface area contributed by atoms with Gasteiger partial charge >= 0.3 is 35.8 Å². The molecular formula is C56H105N9O13. The second-order valence-electron chi connectivity index (χ2n) is 26.6. The maximum atomic E-state index is 14.0. The van der Waals surface area contributed by atoms with Crippen LogP contribution in [0.2, 0.25) is 0 Å². The van der Waals surface area contributed by atoms with Gasteiger partial charge in [-0.2, -0.15) is 0 Å². The van der Waals surface area contributed by atoms with E-state index in [0.717, 1.165) is 0 Å². The molecule has 2 aliphatic heterocycles. The molecule has 0 bridgehead atoms. The zero-order valence-electron chi connectivity index (χ0n) is 51.6. The van der Waals surface area contributed by atoms with Crippen molar-refractivity contribution in [2.75, 3.05) is 164 Å². The summed E-state index contributed by atoms with van der Waals surface area (Å²) in [5, 5.41) is 3.13. The Morgan fingerprint density at radius 1 is 0.269 bits per heavy atom. The van der Waals surface area contributed by atoms with E-state index in [0.29, 0.717) is 118 Å². The molecule has 0 aliphatic carbocycles. The fourth-order valence-corrected chi connectivity index (χ4v) is 8.44. The average molecular weight is 1110 g/mol. The molecule has 2 fully saturated rings. The number of carbonyl (C=O) groups is 7. The summed E-state index contributed by atoms with van der Waals surface area (Å²) in [6, 6.07) is 0. The van der Waals surface area contributed by atoms with E-state index in [2.05, 4.69) is 10.2 Å². The number of nitrogens with zero attached hydrogens (tertiary/aromatic N) is 8. The first-order valence-electron chi connectivity index (χ1n) is 28.0. The molecule has 1 N–H and O–H groups in total. The summed E-state index contributed by atoms with van der Waals surface area (Å²) < 4.78 is 34.3. The van der Waals surface area contributed by atoms with Crippen LogP contribution < -0.4 is 5.32 Å². The van der Waals surface area contributed by atoms with Gasteiger partial charge in [-0.15, -0.1) is 0 Å². The lowest BCUT2D eigenvalue weighted by Crippen LogP contribution is -2.51. The third kappa shape index (κ3) is 36.3. The molecule has 452 valence electrons. The second kappa shape index (κ2) is 31.8. The first kappa shape index (κ1) is 70.1. The Kier molecular flexibility index (Phi) is 28.6. The number of esters is 6. The van der Waals surface area contributed by atoms with Gasteiger partial charge in [-0.25, -0.2) is 0 Å². The fourth-order valence-electron chi connectivity index (χ4n) is 8.44. The summed E-state index contributed by atoms with van der Waals surface area (Å²) in [6.45, 7) is 40.9. The van der Waals surface area contributed by atoms with Crippen LogP contribution in [0.15, 0.2) is 0 Å². The van der Waals surface area contributed by atoms with Crippen LogP contribution in [0.5, 0.6) is 0 Å². The topological polar surface area (TPSA) is 213 Å². The second-order valence-corrected chi connectivity index (χ2v) is 26.6. The number of hydrogen-bond donors (Lipinski definition) is 1. The summed E-state index contributed by atoms with van der Waals surface area (Å²) in [6.07, 6.45) is 0. The Bertz CT molecular complexity index is 1810. The summed E-state index contributed by atoms with van der Waals surface area (Å²) >= 11 is 0. The average Bonchev–Trinajstić information content (AvgIpc) is 3.21. The highest BCUT2D eigenvalue weighted by Crippen LogP contribution is 2.14. The van der Waals surface area contributed by atoms with Crippen LogP contribution in [-0.4, -0.2) is 278 Å². The molecule has 2 aliphatic rings. The molecule has 1 amide bonds. The Morgan fingerprint density at radius 3 is 0.590 bits per heavy atom. The first-order valence-corrected chi connectivity index (χ1v) is 28.0. The largest absolute Gasteiger partial charge is 0.459 e. The van der Waals surface area contributed by atoms with Crippen LogP contribution in [0.1, 0.15) is 125 Å². The van der Waals surface area contributed by atoms with Crippen molar-refractivity contribution in [3.63, 3.8) is 0 Å². The molecule has 0 saturated carbocycles. The van der Waals surface area contributed by atoms with Crippen LogP contribution in [0.25, 0.3) is 0 Å². The van der Waals surface area contributed by atoms with Crippen LogP contribution >= 0.6 is 0 Å². The molecule has 0 spiro atoms. The summed E-state index contributed by atoms with van der Waals surface area (Å²) in [7, 11) is 0. The number of ether oxygens (including phenoxy) is 6. The number of amides is 1. The molecule has 0 aromatic rings. The Balaban J connectivity index is 2.40. The Morgan fingerprint density at radius 2 is 0.423 bits per heavy atom. The normalized spacial score (nSPS) is 18.7. The van der Waals surface area contributed by atoms with Crippen LogP contribution in [0.4, 0.5) is 0 Å². The van der Waals surface area contributed by atoms with Gasteiger partial charge in [0, 0.05) is 118 Å². The van der Waals surface area contributed by atoms with Gasteiger partial charge < -0.3 is 33.7 Å². The third-order valence-corrected chi connectivity index (χ3v) is 11.6. The lowest BCUT2D eigenvalue weighted by atomic mass is 10.2. The predicted octanol–water partition coefficient (Wildman–Crippen LogP) is 2.60. The summed E-state index contributed by atoms with van der Waals surface area (Å²) in [5.41, 5.74) is -4.08. The number of hydrogen-bond acceptors (Lipinski definition) is 21. The zero-order valence-corrected chi connectivity index (χ0v) is 51.6. The van der Waals surface area contributed by atoms with Crippen molar-refractivity contribution in [2.45, 2.75) is 158 Å². The minimum absolute atomic E-state index is 0.00688. The molecular weight excluding hydrogens is 1010 g/mol. The van der Waals surface area contributed by atoms with Gasteiger partial charge in [0.05, 0.1) is 45.8 Å². The van der Waals surface area contributed by atoms with Gasteiger partial charge in [-0.05, 0) is 125 Å². The summed E-state index contributed by atoms with van der Waals surface area (Å²) in [4.78, 5) is 109. The van der Waals surface area contributed by atoms with Crippen molar-refractivity contribution in [1.29, 1.82) is 0 Å². The highest BCUT2D eigenvalue weighted by Gasteiger charge is 2.29. The molecule has 0 radical (unpaired) electrons. The van der Waals surface area contributed by atoms with E-state index >= 15 is 0 Å². The molecule has 22 heteroatoms. The highest BCUT2D eigenvalue weighted by molar-refractivity contribution is 5.78. The van der Waals surface area contributed by atoms with E-state index in [4.69, 9.17) is 28.4 Å². The lowest BCUT2D eigenvalue weighted by molar-refractivity contribution is -0.158. The van der Waals surface area contributed by atoms with Crippen LogP contribution in [-0.2, 0) is 62.0 Å². The lowest BCUT2D eigenvalue weighted by Gasteiger charge is -2.34. The minimum atomic E-state index is -0.691. The molecule has 2 rings (SSSR count). The van der Waals surface area contributed by atoms with Crippen molar-refractivity contribution in [1.82, 2.24) is 44.5 Å². The summed E-state index contributed by atoms with van der Waals surface area (Å²) in [5.74, 6) is -2.45.